The number of unbranched alkanes of at least 4 members (excludes halogenated alkanes) is 5. The molecule has 0 aromatic rings. The second-order valence-electron chi connectivity index (χ2n) is 3.60. The average molecular weight is 200 g/mol. The van der Waals surface area contributed by atoms with Crippen molar-refractivity contribution >= 4 is 8.58 Å². The fraction of sp³-hybridized carbons (Fsp3) is 0.833. The molecule has 0 aromatic heterocycles. The molecule has 0 aliphatic heterocycles. The van der Waals surface area contributed by atoms with Crippen molar-refractivity contribution < 1.29 is 0 Å². The molecule has 13 heavy (non-hydrogen) atoms. The van der Waals surface area contributed by atoms with Gasteiger partial charge in [-0.3, -0.25) is 0 Å². The molecule has 0 heterocycles. The quantitative estimate of drug-likeness (QED) is 0.274. The lowest BCUT2D eigenvalue weighted by atomic mass is 10.2. The van der Waals surface area contributed by atoms with Gasteiger partial charge in [-0.1, -0.05) is 32.3 Å². The molecule has 0 aromatic carbocycles. The van der Waals surface area contributed by atoms with Gasteiger partial charge in [0.2, 0.25) is 0 Å². The summed E-state index contributed by atoms with van der Waals surface area (Å²) in [6, 6.07) is 0. The second kappa shape index (κ2) is 12.2. The first-order chi connectivity index (χ1) is 6.41. The lowest BCUT2D eigenvalue weighted by Gasteiger charge is -2.00. The maximum absolute atomic E-state index is 3.73. The van der Waals surface area contributed by atoms with Gasteiger partial charge >= 0.3 is 0 Å². The highest BCUT2D eigenvalue weighted by atomic mass is 31.1. The number of hydrogen-bond donors (Lipinski definition) is 0. The highest BCUT2D eigenvalue weighted by molar-refractivity contribution is 7.37. The third kappa shape index (κ3) is 12.2. The number of allylic oxidation sites excluding steroid dienone is 1. The van der Waals surface area contributed by atoms with Gasteiger partial charge in [-0.2, -0.15) is 0 Å². The second-order valence-corrected chi connectivity index (χ2v) is 5.10. The van der Waals surface area contributed by atoms with Crippen molar-refractivity contribution in [1.29, 1.82) is 0 Å². The van der Waals surface area contributed by atoms with Gasteiger partial charge in [0.05, 0.1) is 0 Å². The van der Waals surface area contributed by atoms with Gasteiger partial charge in [0.1, 0.15) is 0 Å². The molecule has 1 unspecified atom stereocenters. The zero-order valence-electron chi connectivity index (χ0n) is 9.15. The molecule has 0 spiro atoms. The molecule has 0 saturated carbocycles. The van der Waals surface area contributed by atoms with Crippen LogP contribution in [0.4, 0.5) is 0 Å². The Morgan fingerprint density at radius 3 is 2.31 bits per heavy atom. The third-order valence-electron chi connectivity index (χ3n) is 2.22. The summed E-state index contributed by atoms with van der Waals surface area (Å²) in [6.45, 7) is 6.01. The van der Waals surface area contributed by atoms with E-state index in [4.69, 9.17) is 0 Å². The topological polar surface area (TPSA) is 0 Å². The standard InChI is InChI=1S/C12H25P/c1-3-5-7-8-10-12-13-11-9-6-4-2/h3,13H,1,4-12H2,2H3. The highest BCUT2D eigenvalue weighted by Gasteiger charge is 1.90. The van der Waals surface area contributed by atoms with Crippen LogP contribution >= 0.6 is 8.58 Å². The molecule has 0 aliphatic carbocycles. The van der Waals surface area contributed by atoms with Gasteiger partial charge in [0.15, 0.2) is 0 Å². The van der Waals surface area contributed by atoms with Crippen molar-refractivity contribution in [2.24, 2.45) is 0 Å². The highest BCUT2D eigenvalue weighted by Crippen LogP contribution is 2.16. The Balaban J connectivity index is 2.79. The van der Waals surface area contributed by atoms with Crippen LogP contribution in [0.25, 0.3) is 0 Å². The van der Waals surface area contributed by atoms with E-state index in [9.17, 15) is 0 Å². The van der Waals surface area contributed by atoms with Gasteiger partial charge in [-0.15, -0.1) is 15.2 Å². The molecule has 0 fully saturated rings. The molecule has 0 N–H and O–H groups in total. The van der Waals surface area contributed by atoms with Crippen LogP contribution in [-0.4, -0.2) is 12.3 Å². The van der Waals surface area contributed by atoms with Gasteiger partial charge in [-0.05, 0) is 38.0 Å². The van der Waals surface area contributed by atoms with Crippen molar-refractivity contribution in [1.82, 2.24) is 0 Å². The Morgan fingerprint density at radius 1 is 1.00 bits per heavy atom. The zero-order chi connectivity index (χ0) is 9.78. The maximum atomic E-state index is 3.73. The predicted octanol–water partition coefficient (Wildman–Crippen LogP) is 4.60. The van der Waals surface area contributed by atoms with E-state index in [2.05, 4.69) is 13.5 Å². The van der Waals surface area contributed by atoms with E-state index in [0.29, 0.717) is 0 Å². The minimum Gasteiger partial charge on any atom is -0.122 e. The van der Waals surface area contributed by atoms with Crippen LogP contribution in [0.1, 0.15) is 51.9 Å². The Hall–Kier alpha value is 0.170. The summed E-state index contributed by atoms with van der Waals surface area (Å²) in [5, 5.41) is 0. The van der Waals surface area contributed by atoms with Crippen LogP contribution in [0.3, 0.4) is 0 Å². The lowest BCUT2D eigenvalue weighted by molar-refractivity contribution is 0.732. The van der Waals surface area contributed by atoms with Gasteiger partial charge in [0.25, 0.3) is 0 Å². The Bertz CT molecular complexity index is 99.3. The first-order valence-corrected chi connectivity index (χ1v) is 7.14. The van der Waals surface area contributed by atoms with E-state index >= 15 is 0 Å². The fourth-order valence-electron chi connectivity index (χ4n) is 1.34. The smallest absolute Gasteiger partial charge is 0.0353 e. The summed E-state index contributed by atoms with van der Waals surface area (Å²) < 4.78 is 0. The fourth-order valence-corrected chi connectivity index (χ4v) is 2.59. The number of hydrogen-bond acceptors (Lipinski definition) is 0. The van der Waals surface area contributed by atoms with E-state index in [0.717, 1.165) is 0 Å². The number of rotatable bonds is 10. The minimum absolute atomic E-state index is 1.21. The summed E-state index contributed by atoms with van der Waals surface area (Å²) in [6.07, 6.45) is 14.7. The molecule has 0 bridgehead atoms. The van der Waals surface area contributed by atoms with Crippen LogP contribution in [0.5, 0.6) is 0 Å². The third-order valence-corrected chi connectivity index (χ3v) is 3.63. The molecule has 0 saturated heterocycles. The normalized spacial score (nSPS) is 11.2. The summed E-state index contributed by atoms with van der Waals surface area (Å²) in [5.41, 5.74) is 0. The van der Waals surface area contributed by atoms with Crippen molar-refractivity contribution in [3.8, 4) is 0 Å². The van der Waals surface area contributed by atoms with Crippen LogP contribution in [-0.2, 0) is 0 Å². The zero-order valence-corrected chi connectivity index (χ0v) is 10.1. The molecule has 0 amide bonds. The van der Waals surface area contributed by atoms with E-state index in [1.165, 1.54) is 65.9 Å². The summed E-state index contributed by atoms with van der Waals surface area (Å²) in [4.78, 5) is 0. The summed E-state index contributed by atoms with van der Waals surface area (Å²) >= 11 is 0. The first-order valence-electron chi connectivity index (χ1n) is 5.73. The molecule has 0 rings (SSSR count). The summed E-state index contributed by atoms with van der Waals surface area (Å²) in [7, 11) is 1.23. The van der Waals surface area contributed by atoms with E-state index in [-0.39, 0.29) is 0 Å². The molecule has 0 nitrogen and oxygen atoms in total. The molecular formula is C12H25P. The van der Waals surface area contributed by atoms with E-state index in [1.807, 2.05) is 6.08 Å². The van der Waals surface area contributed by atoms with Gasteiger partial charge < -0.3 is 0 Å². The SMILES string of the molecule is C=CCCCCCPCCCCC. The first kappa shape index (κ1) is 13.2. The monoisotopic (exact) mass is 200 g/mol. The van der Waals surface area contributed by atoms with Crippen molar-refractivity contribution in [2.45, 2.75) is 51.9 Å². The largest absolute Gasteiger partial charge is 0.122 e. The van der Waals surface area contributed by atoms with Gasteiger partial charge in [0, 0.05) is 0 Å². The Labute approximate surface area is 86.0 Å². The van der Waals surface area contributed by atoms with Crippen molar-refractivity contribution in [3.05, 3.63) is 12.7 Å². The minimum atomic E-state index is 1.21. The van der Waals surface area contributed by atoms with Crippen molar-refractivity contribution in [2.75, 3.05) is 12.3 Å². The van der Waals surface area contributed by atoms with Crippen molar-refractivity contribution in [3.63, 3.8) is 0 Å². The maximum Gasteiger partial charge on any atom is -0.0353 e. The average Bonchev–Trinajstić information content (AvgIpc) is 2.16. The van der Waals surface area contributed by atoms with Gasteiger partial charge in [-0.25, -0.2) is 0 Å². The molecule has 0 radical (unpaired) electrons. The van der Waals surface area contributed by atoms with Crippen LogP contribution < -0.4 is 0 Å². The Morgan fingerprint density at radius 2 is 1.69 bits per heavy atom. The predicted molar refractivity (Wildman–Crippen MR) is 66.2 cm³/mol. The van der Waals surface area contributed by atoms with E-state index < -0.39 is 0 Å². The molecular weight excluding hydrogens is 175 g/mol. The molecule has 0 aliphatic rings. The van der Waals surface area contributed by atoms with Crippen LogP contribution in [0.2, 0.25) is 0 Å². The molecule has 78 valence electrons. The summed E-state index contributed by atoms with van der Waals surface area (Å²) in [5.74, 6) is 0. The molecule has 1 atom stereocenters. The van der Waals surface area contributed by atoms with Crippen LogP contribution in [0.15, 0.2) is 12.7 Å². The van der Waals surface area contributed by atoms with Crippen LogP contribution in [0, 0.1) is 0 Å². The van der Waals surface area contributed by atoms with E-state index in [1.54, 1.807) is 0 Å². The lowest BCUT2D eigenvalue weighted by Crippen LogP contribution is -1.82. The molecule has 1 heteroatoms. The Kier molecular flexibility index (Phi) is 12.3.